The summed E-state index contributed by atoms with van der Waals surface area (Å²) < 4.78 is 0.288. The van der Waals surface area contributed by atoms with Gasteiger partial charge in [-0.25, -0.2) is 4.99 Å². The van der Waals surface area contributed by atoms with Crippen LogP contribution in [0.4, 0.5) is 5.69 Å². The number of hydrogen-bond donors (Lipinski definition) is 1. The molecule has 0 aromatic heterocycles. The van der Waals surface area contributed by atoms with Gasteiger partial charge < -0.3 is 0 Å². The molecule has 0 fully saturated rings. The van der Waals surface area contributed by atoms with Crippen LogP contribution >= 0.6 is 0 Å². The smallest absolute Gasteiger partial charge is 0.203 e. The second-order valence-corrected chi connectivity index (χ2v) is 3.47. The molecule has 3 nitrogen and oxygen atoms in total. The third-order valence-electron chi connectivity index (χ3n) is 2.71. The lowest BCUT2D eigenvalue weighted by molar-refractivity contribution is 0.566. The van der Waals surface area contributed by atoms with E-state index in [1.54, 1.807) is 6.34 Å². The number of aliphatic imine (C=N–C) groups is 1. The predicted molar refractivity (Wildman–Crippen MR) is 52.7 cm³/mol. The van der Waals surface area contributed by atoms with Crippen LogP contribution in [0.5, 0.6) is 0 Å². The zero-order valence-electron chi connectivity index (χ0n) is 7.14. The number of nitrogens with two attached hydrogens (primary N) is 1. The Bertz CT molecular complexity index is 434. The lowest BCUT2D eigenvalue weighted by Gasteiger charge is -2.19. The van der Waals surface area contributed by atoms with E-state index in [1.807, 2.05) is 18.3 Å². The molecule has 13 heavy (non-hydrogen) atoms. The summed E-state index contributed by atoms with van der Waals surface area (Å²) in [5.74, 6) is 6.20. The molecule has 2 N–H and O–H groups in total. The molecule has 1 atom stereocenters. The number of fused-ring (bicyclic) bond motifs is 3. The normalized spacial score (nSPS) is 28.5. The highest BCUT2D eigenvalue weighted by molar-refractivity contribution is 5.83. The van der Waals surface area contributed by atoms with Gasteiger partial charge >= 0.3 is 0 Å². The van der Waals surface area contributed by atoms with Gasteiger partial charge in [-0.1, -0.05) is 18.2 Å². The summed E-state index contributed by atoms with van der Waals surface area (Å²) in [6.07, 6.45) is 4.56. The molecule has 0 saturated heterocycles. The second kappa shape index (κ2) is 2.07. The van der Waals surface area contributed by atoms with Gasteiger partial charge in [0.05, 0.1) is 12.6 Å². The van der Waals surface area contributed by atoms with E-state index in [1.165, 1.54) is 5.56 Å². The Balaban J connectivity index is 2.29. The minimum absolute atomic E-state index is 0.288. The molecule has 2 aliphatic heterocycles. The quantitative estimate of drug-likeness (QED) is 0.465. The third kappa shape index (κ3) is 0.728. The van der Waals surface area contributed by atoms with Crippen molar-refractivity contribution in [2.75, 3.05) is 0 Å². The molecule has 0 aliphatic carbocycles. The van der Waals surface area contributed by atoms with Crippen molar-refractivity contribution in [3.63, 3.8) is 0 Å². The summed E-state index contributed by atoms with van der Waals surface area (Å²) in [6, 6.07) is 8.24. The van der Waals surface area contributed by atoms with Gasteiger partial charge in [-0.15, -0.1) is 4.59 Å². The Labute approximate surface area is 76.4 Å². The highest BCUT2D eigenvalue weighted by Crippen LogP contribution is 2.38. The number of allylic oxidation sites excluding steroid dienone is 1. The molecule has 0 spiro atoms. The molecule has 3 rings (SSSR count). The van der Waals surface area contributed by atoms with Crippen LogP contribution in [0.15, 0.2) is 41.2 Å². The largest absolute Gasteiger partial charge is 0.219 e. The van der Waals surface area contributed by atoms with E-state index in [2.05, 4.69) is 17.1 Å². The molecule has 0 bridgehead atoms. The molecule has 0 amide bonds. The van der Waals surface area contributed by atoms with Crippen molar-refractivity contribution in [2.45, 2.75) is 6.42 Å². The van der Waals surface area contributed by atoms with Crippen LogP contribution < -0.4 is 10.4 Å². The van der Waals surface area contributed by atoms with Crippen molar-refractivity contribution in [3.05, 3.63) is 41.7 Å². The summed E-state index contributed by atoms with van der Waals surface area (Å²) in [5.41, 5.74) is 3.61. The fraction of sp³-hybridized carbons (Fsp3) is 0.100. The number of hydrogen-bond acceptors (Lipinski definition) is 2. The number of para-hydroxylation sites is 1. The number of benzene rings is 1. The maximum atomic E-state index is 6.20. The Morgan fingerprint density at radius 2 is 2.15 bits per heavy atom. The summed E-state index contributed by atoms with van der Waals surface area (Å²) >= 11 is 0. The van der Waals surface area contributed by atoms with E-state index in [9.17, 15) is 0 Å². The van der Waals surface area contributed by atoms with Gasteiger partial charge in [-0.2, -0.15) is 5.84 Å². The molecule has 3 heteroatoms. The topological polar surface area (TPSA) is 38.4 Å². The molecule has 64 valence electrons. The van der Waals surface area contributed by atoms with E-state index in [0.717, 1.165) is 17.8 Å². The average molecular weight is 172 g/mol. The van der Waals surface area contributed by atoms with Crippen molar-refractivity contribution < 1.29 is 0 Å². The maximum absolute atomic E-state index is 6.20. The molecule has 1 aromatic carbocycles. The average Bonchev–Trinajstić information content (AvgIpc) is 2.60. The lowest BCUT2D eigenvalue weighted by Crippen LogP contribution is -2.49. The van der Waals surface area contributed by atoms with Crippen LogP contribution in [0.1, 0.15) is 5.56 Å². The van der Waals surface area contributed by atoms with Gasteiger partial charge in [0.15, 0.2) is 11.4 Å². The zero-order chi connectivity index (χ0) is 8.89. The Morgan fingerprint density at radius 1 is 1.31 bits per heavy atom. The van der Waals surface area contributed by atoms with E-state index < -0.39 is 0 Å². The van der Waals surface area contributed by atoms with Crippen molar-refractivity contribution in [1.29, 1.82) is 0 Å². The SMILES string of the molecule is N[N+]12C=NC=C1Cc1ccccc12. The number of quaternary nitrogens is 1. The zero-order valence-corrected chi connectivity index (χ0v) is 7.14. The molecule has 1 unspecified atom stereocenters. The van der Waals surface area contributed by atoms with E-state index in [-0.39, 0.29) is 4.59 Å². The highest BCUT2D eigenvalue weighted by Gasteiger charge is 2.42. The number of nitrogens with zero attached hydrogens (tertiary/aromatic N) is 2. The fourth-order valence-corrected chi connectivity index (χ4v) is 2.00. The van der Waals surface area contributed by atoms with E-state index >= 15 is 0 Å². The first kappa shape index (κ1) is 7.00. The van der Waals surface area contributed by atoms with Gasteiger partial charge in [-0.05, 0) is 0 Å². The van der Waals surface area contributed by atoms with Gasteiger partial charge in [0.25, 0.3) is 0 Å². The van der Waals surface area contributed by atoms with Crippen molar-refractivity contribution in [3.8, 4) is 0 Å². The van der Waals surface area contributed by atoms with Crippen LogP contribution in [0.3, 0.4) is 0 Å². The van der Waals surface area contributed by atoms with Crippen LogP contribution in [0.25, 0.3) is 0 Å². The van der Waals surface area contributed by atoms with Gasteiger partial charge in [0.1, 0.15) is 0 Å². The van der Waals surface area contributed by atoms with Gasteiger partial charge in [0.2, 0.25) is 6.34 Å². The second-order valence-electron chi connectivity index (χ2n) is 3.47. The monoisotopic (exact) mass is 172 g/mol. The van der Waals surface area contributed by atoms with Crippen molar-refractivity contribution in [2.24, 2.45) is 10.8 Å². The first-order valence-corrected chi connectivity index (χ1v) is 4.30. The highest BCUT2D eigenvalue weighted by atomic mass is 15.6. The molecule has 0 radical (unpaired) electrons. The van der Waals surface area contributed by atoms with Crippen LogP contribution in [-0.4, -0.2) is 6.34 Å². The van der Waals surface area contributed by atoms with Gasteiger partial charge in [0, 0.05) is 11.6 Å². The lowest BCUT2D eigenvalue weighted by atomic mass is 10.1. The van der Waals surface area contributed by atoms with Crippen molar-refractivity contribution >= 4 is 12.0 Å². The summed E-state index contributed by atoms with van der Waals surface area (Å²) in [4.78, 5) is 4.10. The molecule has 2 heterocycles. The van der Waals surface area contributed by atoms with Gasteiger partial charge in [-0.3, -0.25) is 0 Å². The van der Waals surface area contributed by atoms with E-state index in [4.69, 9.17) is 5.84 Å². The summed E-state index contributed by atoms with van der Waals surface area (Å²) in [6.45, 7) is 0. The minimum Gasteiger partial charge on any atom is -0.203 e. The first-order valence-electron chi connectivity index (χ1n) is 4.30. The standard InChI is InChI=1S/C10H10N3/c11-13-7-12-6-9(13)5-8-3-1-2-4-10(8)13/h1-4,6-7H,5,11H2/q+1. The molecule has 0 saturated carbocycles. The summed E-state index contributed by atoms with van der Waals surface area (Å²) in [5, 5.41) is 0. The number of rotatable bonds is 0. The van der Waals surface area contributed by atoms with Crippen molar-refractivity contribution in [1.82, 2.24) is 4.59 Å². The maximum Gasteiger partial charge on any atom is 0.219 e. The molecular weight excluding hydrogens is 162 g/mol. The third-order valence-corrected chi connectivity index (χ3v) is 2.71. The Morgan fingerprint density at radius 3 is 3.08 bits per heavy atom. The van der Waals surface area contributed by atoms with Crippen LogP contribution in [0.2, 0.25) is 0 Å². The molecular formula is C10H10N3+. The Hall–Kier alpha value is -1.45. The van der Waals surface area contributed by atoms with Crippen LogP contribution in [0, 0.1) is 0 Å². The molecule has 1 aromatic rings. The minimum atomic E-state index is 0.288. The fourth-order valence-electron chi connectivity index (χ4n) is 2.00. The summed E-state index contributed by atoms with van der Waals surface area (Å²) in [7, 11) is 0. The van der Waals surface area contributed by atoms with Crippen LogP contribution in [-0.2, 0) is 6.42 Å². The predicted octanol–water partition coefficient (Wildman–Crippen LogP) is 1.31. The Kier molecular flexibility index (Phi) is 1.12. The first-order chi connectivity index (χ1) is 6.31. The molecule has 2 aliphatic rings. The van der Waals surface area contributed by atoms with E-state index in [0.29, 0.717) is 0 Å².